The number of rotatable bonds is 2. The lowest BCUT2D eigenvalue weighted by Crippen LogP contribution is -1.88. The first-order valence-corrected chi connectivity index (χ1v) is 4.75. The zero-order valence-electron chi connectivity index (χ0n) is 8.27. The van der Waals surface area contributed by atoms with E-state index in [1.165, 1.54) is 5.56 Å². The highest BCUT2D eigenvalue weighted by Crippen LogP contribution is 2.41. The van der Waals surface area contributed by atoms with Crippen molar-refractivity contribution in [1.29, 1.82) is 0 Å². The molecular weight excluding hydrogens is 164 g/mol. The van der Waals surface area contributed by atoms with E-state index in [2.05, 4.69) is 6.92 Å². The fraction of sp³-hybridized carbons (Fsp3) is 0.455. The molecule has 0 radical (unpaired) electrons. The topological polar surface area (TPSA) is 33.4 Å². The van der Waals surface area contributed by atoms with Crippen LogP contribution >= 0.6 is 0 Å². The van der Waals surface area contributed by atoms with Crippen molar-refractivity contribution in [3.63, 3.8) is 0 Å². The summed E-state index contributed by atoms with van der Waals surface area (Å²) in [6, 6.07) is 0. The average molecular weight is 178 g/mol. The van der Waals surface area contributed by atoms with Crippen molar-refractivity contribution in [3.05, 3.63) is 16.7 Å². The maximum absolute atomic E-state index is 9.73. The monoisotopic (exact) mass is 178 g/mol. The molecule has 13 heavy (non-hydrogen) atoms. The van der Waals surface area contributed by atoms with Crippen LogP contribution in [0.2, 0.25) is 0 Å². The van der Waals surface area contributed by atoms with Gasteiger partial charge in [0.05, 0.1) is 0 Å². The quantitative estimate of drug-likeness (QED) is 0.766. The number of benzene rings is 1. The minimum Gasteiger partial charge on any atom is -0.504 e. The Bertz CT molecular complexity index is 392. The highest BCUT2D eigenvalue weighted by atomic mass is 16.4. The Kier molecular flexibility index (Phi) is 1.72. The average Bonchev–Trinajstić information content (AvgIpc) is 2.59. The molecule has 0 spiro atoms. The molecule has 0 aromatic carbocycles. The van der Waals surface area contributed by atoms with Gasteiger partial charge in [-0.15, -0.1) is 0 Å². The van der Waals surface area contributed by atoms with Gasteiger partial charge in [0.15, 0.2) is 11.3 Å². The van der Waals surface area contributed by atoms with Crippen molar-refractivity contribution in [2.75, 3.05) is 0 Å². The Morgan fingerprint density at radius 2 is 1.69 bits per heavy atom. The van der Waals surface area contributed by atoms with Crippen LogP contribution in [-0.4, -0.2) is 5.11 Å². The summed E-state index contributed by atoms with van der Waals surface area (Å²) >= 11 is 0. The third kappa shape index (κ3) is 0.886. The number of furan rings is 2. The van der Waals surface area contributed by atoms with Gasteiger partial charge in [0.2, 0.25) is 0 Å². The van der Waals surface area contributed by atoms with E-state index in [0.29, 0.717) is 11.3 Å². The number of phenolic OH excluding ortho intramolecular Hbond substituents is 1. The lowest BCUT2D eigenvalue weighted by atomic mass is 10.0. The number of phenols is 1. The van der Waals surface area contributed by atoms with Gasteiger partial charge in [-0.1, -0.05) is 13.8 Å². The summed E-state index contributed by atoms with van der Waals surface area (Å²) in [7, 11) is 0. The second-order valence-electron chi connectivity index (χ2n) is 3.40. The number of fused-ring (bicyclic) bond motifs is 2. The van der Waals surface area contributed by atoms with E-state index >= 15 is 0 Å². The molecule has 0 saturated carbocycles. The lowest BCUT2D eigenvalue weighted by molar-refractivity contribution is 0.471. The number of aromatic hydroxyl groups is 1. The summed E-state index contributed by atoms with van der Waals surface area (Å²) in [5.41, 5.74) is 4.92. The van der Waals surface area contributed by atoms with Crippen LogP contribution in [0, 0.1) is 6.92 Å². The van der Waals surface area contributed by atoms with Crippen LogP contribution in [0.25, 0.3) is 11.2 Å². The molecule has 0 amide bonds. The fourth-order valence-electron chi connectivity index (χ4n) is 2.02. The molecule has 2 rings (SSSR count). The number of hydrogen-bond acceptors (Lipinski definition) is 2. The smallest absolute Gasteiger partial charge is 0.172 e. The molecular formula is C11H14O2. The van der Waals surface area contributed by atoms with Crippen LogP contribution in [0.15, 0.2) is 4.42 Å². The molecule has 70 valence electrons. The molecule has 0 unspecified atom stereocenters. The van der Waals surface area contributed by atoms with E-state index < -0.39 is 0 Å². The molecule has 2 bridgehead atoms. The largest absolute Gasteiger partial charge is 0.504 e. The number of aryl methyl sites for hydroxylation is 3. The Balaban J connectivity index is 2.77. The Labute approximate surface area is 77.5 Å². The molecule has 2 aromatic heterocycles. The van der Waals surface area contributed by atoms with Crippen LogP contribution in [0.5, 0.6) is 5.75 Å². The van der Waals surface area contributed by atoms with Gasteiger partial charge in [-0.05, 0) is 19.8 Å². The maximum Gasteiger partial charge on any atom is 0.172 e. The van der Waals surface area contributed by atoms with Gasteiger partial charge in [0, 0.05) is 16.7 Å². The Morgan fingerprint density at radius 3 is 2.15 bits per heavy atom. The van der Waals surface area contributed by atoms with E-state index in [9.17, 15) is 5.11 Å². The Morgan fingerprint density at radius 1 is 1.08 bits per heavy atom. The van der Waals surface area contributed by atoms with E-state index in [4.69, 9.17) is 4.42 Å². The van der Waals surface area contributed by atoms with Crippen LogP contribution in [-0.2, 0) is 12.8 Å². The highest BCUT2D eigenvalue weighted by Gasteiger charge is 2.22. The molecule has 0 aliphatic carbocycles. The third-order valence-corrected chi connectivity index (χ3v) is 2.75. The summed E-state index contributed by atoms with van der Waals surface area (Å²) in [6.45, 7) is 6.15. The van der Waals surface area contributed by atoms with E-state index in [-0.39, 0.29) is 0 Å². The summed E-state index contributed by atoms with van der Waals surface area (Å²) in [4.78, 5) is 0. The van der Waals surface area contributed by atoms with Crippen LogP contribution in [0.4, 0.5) is 0 Å². The van der Waals surface area contributed by atoms with Gasteiger partial charge in [-0.2, -0.15) is 0 Å². The molecule has 2 heteroatoms. The molecule has 0 saturated heterocycles. The van der Waals surface area contributed by atoms with Crippen molar-refractivity contribution < 1.29 is 9.52 Å². The third-order valence-electron chi connectivity index (χ3n) is 2.75. The van der Waals surface area contributed by atoms with Gasteiger partial charge >= 0.3 is 0 Å². The second kappa shape index (κ2) is 2.66. The molecule has 2 heterocycles. The van der Waals surface area contributed by atoms with Crippen molar-refractivity contribution in [2.24, 2.45) is 0 Å². The number of hydrogen-bond donors (Lipinski definition) is 1. The van der Waals surface area contributed by atoms with Crippen LogP contribution in [0.3, 0.4) is 0 Å². The standard InChI is InChI=1S/C11H14O2/c1-4-7-6(3)10-9(12)8(5-2)11(7)13-10/h12H,4-5H2,1-3H3. The molecule has 2 nitrogen and oxygen atoms in total. The van der Waals surface area contributed by atoms with Gasteiger partial charge in [-0.3, -0.25) is 0 Å². The van der Waals surface area contributed by atoms with Gasteiger partial charge in [-0.25, -0.2) is 0 Å². The molecule has 0 aliphatic heterocycles. The predicted molar refractivity (Wildman–Crippen MR) is 52.6 cm³/mol. The zero-order valence-corrected chi connectivity index (χ0v) is 8.27. The normalized spacial score (nSPS) is 11.6. The lowest BCUT2D eigenvalue weighted by Gasteiger charge is -2.01. The summed E-state index contributed by atoms with van der Waals surface area (Å²) < 4.78 is 5.54. The van der Waals surface area contributed by atoms with Crippen molar-refractivity contribution in [3.8, 4) is 5.75 Å². The van der Waals surface area contributed by atoms with Crippen molar-refractivity contribution in [1.82, 2.24) is 0 Å². The SMILES string of the molecule is CCc1c(C)c2oc1c(CC)c2O. The van der Waals surface area contributed by atoms with Crippen molar-refractivity contribution >= 4 is 11.2 Å². The van der Waals surface area contributed by atoms with E-state index in [1.54, 1.807) is 0 Å². The summed E-state index contributed by atoms with van der Waals surface area (Å²) in [5.74, 6) is 0.354. The fourth-order valence-corrected chi connectivity index (χ4v) is 2.02. The molecule has 1 N–H and O–H groups in total. The van der Waals surface area contributed by atoms with Crippen LogP contribution < -0.4 is 0 Å². The molecule has 0 atom stereocenters. The minimum atomic E-state index is 0.354. The zero-order chi connectivity index (χ0) is 9.59. The molecule has 0 aliphatic rings. The Hall–Kier alpha value is -1.18. The molecule has 0 fully saturated rings. The minimum absolute atomic E-state index is 0.354. The van der Waals surface area contributed by atoms with E-state index in [0.717, 1.165) is 29.6 Å². The summed E-state index contributed by atoms with van der Waals surface area (Å²) in [6.07, 6.45) is 1.81. The first-order valence-electron chi connectivity index (χ1n) is 4.75. The highest BCUT2D eigenvalue weighted by molar-refractivity contribution is 5.83. The van der Waals surface area contributed by atoms with Gasteiger partial charge in [0.25, 0.3) is 0 Å². The maximum atomic E-state index is 9.73. The van der Waals surface area contributed by atoms with Crippen molar-refractivity contribution in [2.45, 2.75) is 33.6 Å². The summed E-state index contributed by atoms with van der Waals surface area (Å²) in [5, 5.41) is 9.73. The van der Waals surface area contributed by atoms with Crippen LogP contribution in [0.1, 0.15) is 30.5 Å². The molecule has 2 aromatic rings. The predicted octanol–water partition coefficient (Wildman–Crippen LogP) is 3.01. The second-order valence-corrected chi connectivity index (χ2v) is 3.40. The van der Waals surface area contributed by atoms with Gasteiger partial charge in [0.1, 0.15) is 5.58 Å². The van der Waals surface area contributed by atoms with E-state index in [1.807, 2.05) is 13.8 Å². The first-order chi connectivity index (χ1) is 6.20. The first kappa shape index (κ1) is 8.42. The van der Waals surface area contributed by atoms with Gasteiger partial charge < -0.3 is 9.52 Å².